The van der Waals surface area contributed by atoms with E-state index in [9.17, 15) is 8.42 Å². The van der Waals surface area contributed by atoms with Crippen molar-refractivity contribution in [2.75, 3.05) is 51.9 Å². The summed E-state index contributed by atoms with van der Waals surface area (Å²) in [6.07, 6.45) is 0. The van der Waals surface area contributed by atoms with Crippen molar-refractivity contribution < 1.29 is 22.6 Å². The number of para-hydroxylation sites is 2. The zero-order valence-electron chi connectivity index (χ0n) is 16.4. The molecule has 3 rings (SSSR count). The van der Waals surface area contributed by atoms with Crippen molar-refractivity contribution in [2.45, 2.75) is 11.8 Å². The molecule has 0 unspecified atom stereocenters. The van der Waals surface area contributed by atoms with Crippen LogP contribution >= 0.6 is 0 Å². The molecule has 0 aromatic heterocycles. The van der Waals surface area contributed by atoms with Crippen LogP contribution in [0.4, 0.5) is 5.69 Å². The van der Waals surface area contributed by atoms with Crippen molar-refractivity contribution in [1.82, 2.24) is 4.31 Å². The summed E-state index contributed by atoms with van der Waals surface area (Å²) >= 11 is 0. The van der Waals surface area contributed by atoms with Gasteiger partial charge in [0.2, 0.25) is 10.0 Å². The molecule has 0 radical (unpaired) electrons. The number of ether oxygens (including phenoxy) is 3. The summed E-state index contributed by atoms with van der Waals surface area (Å²) in [5, 5.41) is 0. The molecule has 28 heavy (non-hydrogen) atoms. The third-order valence-electron chi connectivity index (χ3n) is 4.73. The van der Waals surface area contributed by atoms with E-state index in [1.54, 1.807) is 12.1 Å². The molecule has 1 fully saturated rings. The second kappa shape index (κ2) is 8.70. The molecular formula is C20H26N2O5S. The van der Waals surface area contributed by atoms with Gasteiger partial charge in [-0.05, 0) is 31.2 Å². The van der Waals surface area contributed by atoms with Gasteiger partial charge in [-0.1, -0.05) is 12.1 Å². The third kappa shape index (κ3) is 4.02. The van der Waals surface area contributed by atoms with Crippen molar-refractivity contribution >= 4 is 15.7 Å². The van der Waals surface area contributed by atoms with E-state index in [1.165, 1.54) is 24.6 Å². The van der Waals surface area contributed by atoms with Gasteiger partial charge in [0.1, 0.15) is 22.1 Å². The van der Waals surface area contributed by atoms with Gasteiger partial charge in [0, 0.05) is 32.2 Å². The van der Waals surface area contributed by atoms with Crippen LogP contribution in [0.15, 0.2) is 47.4 Å². The Balaban J connectivity index is 1.80. The van der Waals surface area contributed by atoms with Crippen molar-refractivity contribution in [3.05, 3.63) is 42.5 Å². The summed E-state index contributed by atoms with van der Waals surface area (Å²) in [5.74, 6) is 1.60. The molecule has 0 amide bonds. The molecule has 1 saturated heterocycles. The quantitative estimate of drug-likeness (QED) is 0.704. The topological polar surface area (TPSA) is 68.3 Å². The van der Waals surface area contributed by atoms with E-state index in [4.69, 9.17) is 14.2 Å². The summed E-state index contributed by atoms with van der Waals surface area (Å²) in [7, 11) is -0.724. The Morgan fingerprint density at radius 1 is 0.929 bits per heavy atom. The predicted octanol–water partition coefficient (Wildman–Crippen LogP) is 2.61. The first-order chi connectivity index (χ1) is 13.5. The van der Waals surface area contributed by atoms with E-state index >= 15 is 0 Å². The first-order valence-electron chi connectivity index (χ1n) is 9.20. The van der Waals surface area contributed by atoms with Gasteiger partial charge >= 0.3 is 0 Å². The van der Waals surface area contributed by atoms with Crippen molar-refractivity contribution in [1.29, 1.82) is 0 Å². The molecule has 0 atom stereocenters. The number of hydrogen-bond acceptors (Lipinski definition) is 6. The lowest BCUT2D eigenvalue weighted by molar-refractivity contribution is 0.336. The van der Waals surface area contributed by atoms with E-state index in [0.29, 0.717) is 44.3 Å². The maximum Gasteiger partial charge on any atom is 0.247 e. The summed E-state index contributed by atoms with van der Waals surface area (Å²) in [6, 6.07) is 12.6. The van der Waals surface area contributed by atoms with Gasteiger partial charge < -0.3 is 19.1 Å². The minimum atomic E-state index is -3.69. The number of piperazine rings is 1. The highest BCUT2D eigenvalue weighted by molar-refractivity contribution is 7.89. The average molecular weight is 407 g/mol. The van der Waals surface area contributed by atoms with Crippen LogP contribution in [0.1, 0.15) is 6.92 Å². The minimum absolute atomic E-state index is 0.123. The maximum atomic E-state index is 13.2. The van der Waals surface area contributed by atoms with E-state index in [0.717, 1.165) is 11.4 Å². The highest BCUT2D eigenvalue weighted by atomic mass is 32.2. The normalized spacial score (nSPS) is 15.3. The Bertz CT molecular complexity index is 909. The average Bonchev–Trinajstić information content (AvgIpc) is 2.74. The Kier molecular flexibility index (Phi) is 6.31. The monoisotopic (exact) mass is 406 g/mol. The maximum absolute atomic E-state index is 13.2. The Hall–Kier alpha value is -2.45. The van der Waals surface area contributed by atoms with Crippen LogP contribution in [-0.2, 0) is 10.0 Å². The summed E-state index contributed by atoms with van der Waals surface area (Å²) in [6.45, 7) is 4.45. The van der Waals surface area contributed by atoms with Crippen LogP contribution in [0.25, 0.3) is 0 Å². The largest absolute Gasteiger partial charge is 0.497 e. The van der Waals surface area contributed by atoms with E-state index in [1.807, 2.05) is 31.2 Å². The molecule has 0 aliphatic carbocycles. The van der Waals surface area contributed by atoms with Crippen LogP contribution in [0.2, 0.25) is 0 Å². The third-order valence-corrected chi connectivity index (χ3v) is 6.65. The zero-order valence-corrected chi connectivity index (χ0v) is 17.2. The van der Waals surface area contributed by atoms with Gasteiger partial charge in [0.05, 0.1) is 26.5 Å². The van der Waals surface area contributed by atoms with E-state index in [2.05, 4.69) is 4.90 Å². The molecule has 0 bridgehead atoms. The molecule has 152 valence electrons. The lowest BCUT2D eigenvalue weighted by Crippen LogP contribution is -2.48. The number of sulfonamides is 1. The fourth-order valence-electron chi connectivity index (χ4n) is 3.29. The number of anilines is 1. The summed E-state index contributed by atoms with van der Waals surface area (Å²) in [5.41, 5.74) is 0.986. The van der Waals surface area contributed by atoms with Crippen molar-refractivity contribution in [3.8, 4) is 17.2 Å². The highest BCUT2D eigenvalue weighted by Crippen LogP contribution is 2.33. The van der Waals surface area contributed by atoms with Gasteiger partial charge in [-0.15, -0.1) is 0 Å². The minimum Gasteiger partial charge on any atom is -0.497 e. The molecule has 8 heteroatoms. The molecule has 1 aliphatic rings. The molecule has 0 saturated carbocycles. The first kappa shape index (κ1) is 20.3. The van der Waals surface area contributed by atoms with Crippen LogP contribution in [0, 0.1) is 0 Å². The van der Waals surface area contributed by atoms with Crippen LogP contribution in [-0.4, -0.2) is 59.7 Å². The van der Waals surface area contributed by atoms with E-state index in [-0.39, 0.29) is 4.90 Å². The molecule has 0 N–H and O–H groups in total. The summed E-state index contributed by atoms with van der Waals surface area (Å²) < 4.78 is 44.0. The molecule has 7 nitrogen and oxygen atoms in total. The second-order valence-electron chi connectivity index (χ2n) is 6.31. The number of benzene rings is 2. The SMILES string of the molecule is CCOc1ccccc1N1CCN(S(=O)(=O)c2cc(OC)ccc2OC)CC1. The molecule has 1 heterocycles. The Morgan fingerprint density at radius 2 is 1.64 bits per heavy atom. The predicted molar refractivity (Wildman–Crippen MR) is 108 cm³/mol. The lowest BCUT2D eigenvalue weighted by atomic mass is 10.2. The molecular weight excluding hydrogens is 380 g/mol. The van der Waals surface area contributed by atoms with Crippen LogP contribution < -0.4 is 19.1 Å². The highest BCUT2D eigenvalue weighted by Gasteiger charge is 2.32. The summed E-state index contributed by atoms with van der Waals surface area (Å²) in [4.78, 5) is 2.28. The number of rotatable bonds is 7. The number of nitrogens with zero attached hydrogens (tertiary/aromatic N) is 2. The molecule has 1 aliphatic heterocycles. The lowest BCUT2D eigenvalue weighted by Gasteiger charge is -2.36. The Labute approximate surface area is 166 Å². The second-order valence-corrected chi connectivity index (χ2v) is 8.22. The van der Waals surface area contributed by atoms with Gasteiger partial charge in [-0.3, -0.25) is 0 Å². The fraction of sp³-hybridized carbons (Fsp3) is 0.400. The van der Waals surface area contributed by atoms with Crippen molar-refractivity contribution in [3.63, 3.8) is 0 Å². The van der Waals surface area contributed by atoms with Crippen LogP contribution in [0.3, 0.4) is 0 Å². The van der Waals surface area contributed by atoms with Gasteiger partial charge in [-0.25, -0.2) is 8.42 Å². The van der Waals surface area contributed by atoms with Crippen molar-refractivity contribution in [2.24, 2.45) is 0 Å². The standard InChI is InChI=1S/C20H26N2O5S/c1-4-27-18-8-6-5-7-17(18)21-11-13-22(14-12-21)28(23,24)20-15-16(25-2)9-10-19(20)26-3/h5-10,15H,4,11-14H2,1-3H3. The molecule has 2 aromatic carbocycles. The smallest absolute Gasteiger partial charge is 0.247 e. The Morgan fingerprint density at radius 3 is 2.29 bits per heavy atom. The van der Waals surface area contributed by atoms with Crippen LogP contribution in [0.5, 0.6) is 17.2 Å². The number of hydrogen-bond donors (Lipinski definition) is 0. The zero-order chi connectivity index (χ0) is 20.1. The first-order valence-corrected chi connectivity index (χ1v) is 10.6. The fourth-order valence-corrected chi connectivity index (χ4v) is 4.88. The molecule has 0 spiro atoms. The number of methoxy groups -OCH3 is 2. The van der Waals surface area contributed by atoms with Gasteiger partial charge in [0.25, 0.3) is 0 Å². The van der Waals surface area contributed by atoms with Gasteiger partial charge in [0.15, 0.2) is 0 Å². The molecule has 2 aromatic rings. The van der Waals surface area contributed by atoms with E-state index < -0.39 is 10.0 Å². The van der Waals surface area contributed by atoms with Gasteiger partial charge in [-0.2, -0.15) is 4.31 Å².